The van der Waals surface area contributed by atoms with Crippen LogP contribution in [0.15, 0.2) is 0 Å². The summed E-state index contributed by atoms with van der Waals surface area (Å²) in [4.78, 5) is 0. The lowest BCUT2D eigenvalue weighted by Crippen LogP contribution is -2.34. The van der Waals surface area contributed by atoms with E-state index >= 15 is 0 Å². The predicted molar refractivity (Wildman–Crippen MR) is 67.3 cm³/mol. The molecule has 0 amide bonds. The van der Waals surface area contributed by atoms with Gasteiger partial charge in [-0.05, 0) is 52.0 Å². The highest BCUT2D eigenvalue weighted by Gasteiger charge is 2.28. The van der Waals surface area contributed by atoms with E-state index in [1.165, 1.54) is 19.3 Å². The third-order valence-electron chi connectivity index (χ3n) is 3.86. The van der Waals surface area contributed by atoms with E-state index in [1.807, 2.05) is 7.05 Å². The van der Waals surface area contributed by atoms with Gasteiger partial charge in [0.2, 0.25) is 0 Å². The smallest absolute Gasteiger partial charge is 0.0623 e. The van der Waals surface area contributed by atoms with E-state index in [9.17, 15) is 0 Å². The molecular weight excluding hydrogens is 186 g/mol. The zero-order valence-corrected chi connectivity index (χ0v) is 11.4. The van der Waals surface area contributed by atoms with E-state index in [0.717, 1.165) is 13.0 Å². The van der Waals surface area contributed by atoms with Crippen LogP contribution in [0.25, 0.3) is 0 Å². The van der Waals surface area contributed by atoms with Gasteiger partial charge in [0.25, 0.3) is 0 Å². The fraction of sp³-hybridized carbons (Fsp3) is 1.00. The first-order valence-corrected chi connectivity index (χ1v) is 6.15. The summed E-state index contributed by atoms with van der Waals surface area (Å²) in [6.45, 7) is 10.0. The Morgan fingerprint density at radius 2 is 1.60 bits per heavy atom. The molecular formula is C13H29NO. The summed E-state index contributed by atoms with van der Waals surface area (Å²) in [6, 6.07) is 0. The zero-order valence-electron chi connectivity index (χ0n) is 11.4. The summed E-state index contributed by atoms with van der Waals surface area (Å²) < 4.78 is 5.48. The molecule has 0 unspecified atom stereocenters. The van der Waals surface area contributed by atoms with Crippen LogP contribution in [0.2, 0.25) is 0 Å². The van der Waals surface area contributed by atoms with Crippen LogP contribution in [0.1, 0.15) is 53.4 Å². The molecule has 0 aromatic carbocycles. The Kier molecular flexibility index (Phi) is 6.46. The minimum absolute atomic E-state index is 0.0172. The van der Waals surface area contributed by atoms with E-state index in [2.05, 4.69) is 33.0 Å². The Morgan fingerprint density at radius 1 is 1.07 bits per heavy atom. The van der Waals surface area contributed by atoms with Gasteiger partial charge in [-0.1, -0.05) is 13.8 Å². The second kappa shape index (κ2) is 6.49. The van der Waals surface area contributed by atoms with E-state index in [4.69, 9.17) is 4.74 Å². The number of methoxy groups -OCH3 is 1. The molecule has 15 heavy (non-hydrogen) atoms. The van der Waals surface area contributed by atoms with Crippen molar-refractivity contribution in [2.75, 3.05) is 20.7 Å². The monoisotopic (exact) mass is 215 g/mol. The Hall–Kier alpha value is -0.0800. The Bertz CT molecular complexity index is 162. The van der Waals surface area contributed by atoms with Crippen molar-refractivity contribution in [3.63, 3.8) is 0 Å². The Labute approximate surface area is 95.8 Å². The second-order valence-electron chi connectivity index (χ2n) is 5.20. The maximum Gasteiger partial charge on any atom is 0.0623 e. The number of hydrogen-bond acceptors (Lipinski definition) is 2. The van der Waals surface area contributed by atoms with Crippen LogP contribution < -0.4 is 5.32 Å². The standard InChI is InChI=1S/C13H29NO/c1-7-13(8-2,11-14-5)10-9-12(3,4)15-6/h14H,7-11H2,1-6H3. The van der Waals surface area contributed by atoms with Crippen LogP contribution in [0.4, 0.5) is 0 Å². The minimum Gasteiger partial charge on any atom is -0.379 e. The maximum absolute atomic E-state index is 5.48. The van der Waals surface area contributed by atoms with Gasteiger partial charge in [0, 0.05) is 13.7 Å². The molecule has 0 heterocycles. The lowest BCUT2D eigenvalue weighted by Gasteiger charge is -2.35. The van der Waals surface area contributed by atoms with Crippen molar-refractivity contribution in [3.05, 3.63) is 0 Å². The third-order valence-corrected chi connectivity index (χ3v) is 3.86. The third kappa shape index (κ3) is 4.98. The highest BCUT2D eigenvalue weighted by atomic mass is 16.5. The molecule has 0 bridgehead atoms. The lowest BCUT2D eigenvalue weighted by atomic mass is 9.76. The quantitative estimate of drug-likeness (QED) is 0.671. The van der Waals surface area contributed by atoms with Gasteiger partial charge in [-0.2, -0.15) is 0 Å². The molecule has 0 radical (unpaired) electrons. The fourth-order valence-electron chi connectivity index (χ4n) is 1.99. The van der Waals surface area contributed by atoms with E-state index in [0.29, 0.717) is 5.41 Å². The van der Waals surface area contributed by atoms with Gasteiger partial charge in [0.15, 0.2) is 0 Å². The SMILES string of the molecule is CCC(CC)(CCC(C)(C)OC)CNC. The molecule has 0 aromatic rings. The number of ether oxygens (including phenoxy) is 1. The van der Waals surface area contributed by atoms with Gasteiger partial charge in [-0.15, -0.1) is 0 Å². The second-order valence-corrected chi connectivity index (χ2v) is 5.20. The summed E-state index contributed by atoms with van der Waals surface area (Å²) in [5.41, 5.74) is 0.466. The number of nitrogens with one attached hydrogen (secondary N) is 1. The fourth-order valence-corrected chi connectivity index (χ4v) is 1.99. The van der Waals surface area contributed by atoms with Crippen LogP contribution in [0.5, 0.6) is 0 Å². The molecule has 0 spiro atoms. The van der Waals surface area contributed by atoms with Crippen LogP contribution in [-0.4, -0.2) is 26.3 Å². The molecule has 0 aromatic heterocycles. The van der Waals surface area contributed by atoms with Crippen LogP contribution in [0.3, 0.4) is 0 Å². The van der Waals surface area contributed by atoms with Gasteiger partial charge < -0.3 is 10.1 Å². The van der Waals surface area contributed by atoms with Gasteiger partial charge in [-0.3, -0.25) is 0 Å². The van der Waals surface area contributed by atoms with Gasteiger partial charge in [-0.25, -0.2) is 0 Å². The molecule has 0 atom stereocenters. The summed E-state index contributed by atoms with van der Waals surface area (Å²) in [7, 11) is 3.85. The van der Waals surface area contributed by atoms with Gasteiger partial charge in [0.05, 0.1) is 5.60 Å². The molecule has 2 heteroatoms. The molecule has 92 valence electrons. The summed E-state index contributed by atoms with van der Waals surface area (Å²) >= 11 is 0. The first-order valence-electron chi connectivity index (χ1n) is 6.15. The van der Waals surface area contributed by atoms with Crippen LogP contribution in [0, 0.1) is 5.41 Å². The first-order chi connectivity index (χ1) is 6.95. The molecule has 2 nitrogen and oxygen atoms in total. The molecule has 0 aliphatic carbocycles. The molecule has 0 fully saturated rings. The van der Waals surface area contributed by atoms with Crippen molar-refractivity contribution in [3.8, 4) is 0 Å². The summed E-state index contributed by atoms with van der Waals surface area (Å²) in [6.07, 6.45) is 4.85. The van der Waals surface area contributed by atoms with Crippen molar-refractivity contribution in [1.29, 1.82) is 0 Å². The largest absolute Gasteiger partial charge is 0.379 e. The highest BCUT2D eigenvalue weighted by molar-refractivity contribution is 4.82. The number of rotatable bonds is 8. The molecule has 0 rings (SSSR count). The first kappa shape index (κ1) is 14.9. The van der Waals surface area contributed by atoms with Gasteiger partial charge >= 0.3 is 0 Å². The zero-order chi connectivity index (χ0) is 11.9. The average molecular weight is 215 g/mol. The predicted octanol–water partition coefficient (Wildman–Crippen LogP) is 3.22. The van der Waals surface area contributed by atoms with E-state index < -0.39 is 0 Å². The highest BCUT2D eigenvalue weighted by Crippen LogP contribution is 2.34. The molecule has 0 saturated carbocycles. The number of hydrogen-bond donors (Lipinski definition) is 1. The summed E-state index contributed by atoms with van der Waals surface area (Å²) in [5, 5.41) is 3.32. The van der Waals surface area contributed by atoms with Gasteiger partial charge in [0.1, 0.15) is 0 Å². The normalized spacial score (nSPS) is 13.2. The lowest BCUT2D eigenvalue weighted by molar-refractivity contribution is 0.00250. The van der Waals surface area contributed by atoms with E-state index in [1.54, 1.807) is 7.11 Å². The topological polar surface area (TPSA) is 21.3 Å². The van der Waals surface area contributed by atoms with Crippen LogP contribution >= 0.6 is 0 Å². The van der Waals surface area contributed by atoms with Crippen molar-refractivity contribution in [2.45, 2.75) is 59.0 Å². The van der Waals surface area contributed by atoms with Crippen molar-refractivity contribution >= 4 is 0 Å². The average Bonchev–Trinajstić information content (AvgIpc) is 2.24. The van der Waals surface area contributed by atoms with Crippen LogP contribution in [-0.2, 0) is 4.74 Å². The van der Waals surface area contributed by atoms with E-state index in [-0.39, 0.29) is 5.60 Å². The van der Waals surface area contributed by atoms with Crippen molar-refractivity contribution in [2.24, 2.45) is 5.41 Å². The Morgan fingerprint density at radius 3 is 1.93 bits per heavy atom. The minimum atomic E-state index is 0.0172. The Balaban J connectivity index is 4.28. The molecule has 0 aliphatic rings. The maximum atomic E-state index is 5.48. The van der Waals surface area contributed by atoms with Crippen molar-refractivity contribution in [1.82, 2.24) is 5.32 Å². The molecule has 1 N–H and O–H groups in total. The summed E-state index contributed by atoms with van der Waals surface area (Å²) in [5.74, 6) is 0. The molecule has 0 saturated heterocycles. The van der Waals surface area contributed by atoms with Crippen molar-refractivity contribution < 1.29 is 4.74 Å². The molecule has 0 aliphatic heterocycles.